The van der Waals surface area contributed by atoms with E-state index in [-0.39, 0.29) is 17.6 Å². The molecule has 0 aromatic heterocycles. The van der Waals surface area contributed by atoms with E-state index in [1.807, 2.05) is 13.8 Å². The standard InChI is InChI=1S/C22H42O2S.C2H6/c1-13(2)18-12-21(15(4)9-19(18)24)25-20-11-16(22(5,6)7)10-17(23)8-14(20)3;1-2/h13-21,23-24H,8-12H2,1-7H3;1-2H3. The SMILES string of the molecule is CC.CC(C)C1CC(SC2CC(C(C)(C)C)CC(O)CC2C)C(C)CC1O. The lowest BCUT2D eigenvalue weighted by Gasteiger charge is -2.42. The largest absolute Gasteiger partial charge is 0.393 e. The highest BCUT2D eigenvalue weighted by Gasteiger charge is 2.40. The molecule has 2 fully saturated rings. The van der Waals surface area contributed by atoms with Gasteiger partial charge < -0.3 is 10.2 Å². The van der Waals surface area contributed by atoms with Crippen molar-refractivity contribution >= 4 is 11.8 Å². The molecular formula is C24H48O2S. The summed E-state index contributed by atoms with van der Waals surface area (Å²) in [6.45, 7) is 20.2. The first-order valence-corrected chi connectivity index (χ1v) is 12.4. The van der Waals surface area contributed by atoms with Gasteiger partial charge >= 0.3 is 0 Å². The van der Waals surface area contributed by atoms with Gasteiger partial charge in [-0.05, 0) is 67.1 Å². The van der Waals surface area contributed by atoms with Crippen molar-refractivity contribution in [3.8, 4) is 0 Å². The van der Waals surface area contributed by atoms with Crippen LogP contribution >= 0.6 is 11.8 Å². The van der Waals surface area contributed by atoms with Gasteiger partial charge in [-0.2, -0.15) is 11.8 Å². The molecule has 0 amide bonds. The Bertz CT molecular complexity index is 417. The van der Waals surface area contributed by atoms with Crippen molar-refractivity contribution in [2.45, 2.75) is 117 Å². The van der Waals surface area contributed by atoms with Crippen LogP contribution in [0.1, 0.15) is 94.4 Å². The lowest BCUT2D eigenvalue weighted by molar-refractivity contribution is 0.0293. The summed E-state index contributed by atoms with van der Waals surface area (Å²) in [5, 5.41) is 22.2. The quantitative estimate of drug-likeness (QED) is 0.539. The van der Waals surface area contributed by atoms with Crippen LogP contribution < -0.4 is 0 Å². The predicted molar refractivity (Wildman–Crippen MR) is 121 cm³/mol. The van der Waals surface area contributed by atoms with Gasteiger partial charge in [0.1, 0.15) is 0 Å². The van der Waals surface area contributed by atoms with Crippen LogP contribution in [0.25, 0.3) is 0 Å². The van der Waals surface area contributed by atoms with Gasteiger partial charge in [-0.1, -0.05) is 62.3 Å². The molecule has 8 unspecified atom stereocenters. The van der Waals surface area contributed by atoms with Crippen molar-refractivity contribution in [2.75, 3.05) is 0 Å². The number of thioether (sulfide) groups is 1. The first kappa shape index (κ1) is 25.3. The fourth-order valence-corrected chi connectivity index (χ4v) is 6.89. The minimum atomic E-state index is -0.140. The third-order valence-electron chi connectivity index (χ3n) is 7.03. The summed E-state index contributed by atoms with van der Waals surface area (Å²) < 4.78 is 0. The van der Waals surface area contributed by atoms with E-state index >= 15 is 0 Å². The summed E-state index contributed by atoms with van der Waals surface area (Å²) in [4.78, 5) is 0. The average molecular weight is 401 g/mol. The minimum Gasteiger partial charge on any atom is -0.393 e. The van der Waals surface area contributed by atoms with Crippen molar-refractivity contribution in [1.82, 2.24) is 0 Å². The molecule has 0 aromatic rings. The zero-order chi connectivity index (χ0) is 20.9. The molecule has 8 atom stereocenters. The van der Waals surface area contributed by atoms with Crippen LogP contribution in [-0.4, -0.2) is 32.9 Å². The normalized spacial score (nSPS) is 40.9. The molecule has 2 saturated carbocycles. The van der Waals surface area contributed by atoms with Crippen LogP contribution in [0.2, 0.25) is 0 Å². The summed E-state index contributed by atoms with van der Waals surface area (Å²) in [6.07, 6.45) is 4.97. The minimum absolute atomic E-state index is 0.123. The molecule has 0 bridgehead atoms. The van der Waals surface area contributed by atoms with E-state index in [4.69, 9.17) is 0 Å². The number of rotatable bonds is 3. The van der Waals surface area contributed by atoms with Gasteiger partial charge in [-0.15, -0.1) is 0 Å². The van der Waals surface area contributed by atoms with Gasteiger partial charge in [0.05, 0.1) is 12.2 Å². The maximum Gasteiger partial charge on any atom is 0.0574 e. The Morgan fingerprint density at radius 2 is 1.33 bits per heavy atom. The van der Waals surface area contributed by atoms with Crippen molar-refractivity contribution < 1.29 is 10.2 Å². The zero-order valence-corrected chi connectivity index (χ0v) is 20.4. The molecule has 3 heteroatoms. The number of aliphatic hydroxyl groups is 2. The third kappa shape index (κ3) is 7.23. The fraction of sp³-hybridized carbons (Fsp3) is 1.00. The van der Waals surface area contributed by atoms with Crippen molar-refractivity contribution in [3.05, 3.63) is 0 Å². The molecule has 2 aliphatic carbocycles. The van der Waals surface area contributed by atoms with Gasteiger partial charge in [0.2, 0.25) is 0 Å². The molecule has 0 spiro atoms. The van der Waals surface area contributed by atoms with Crippen LogP contribution in [0.3, 0.4) is 0 Å². The Hall–Kier alpha value is 0.270. The van der Waals surface area contributed by atoms with E-state index in [9.17, 15) is 10.2 Å². The lowest BCUT2D eigenvalue weighted by Crippen LogP contribution is -2.39. The molecule has 2 nitrogen and oxygen atoms in total. The molecule has 2 rings (SSSR count). The van der Waals surface area contributed by atoms with E-state index in [0.717, 1.165) is 25.7 Å². The van der Waals surface area contributed by atoms with Crippen molar-refractivity contribution in [2.24, 2.45) is 35.0 Å². The van der Waals surface area contributed by atoms with Crippen molar-refractivity contribution in [3.63, 3.8) is 0 Å². The first-order valence-electron chi connectivity index (χ1n) is 11.5. The lowest BCUT2D eigenvalue weighted by atomic mass is 9.75. The van der Waals surface area contributed by atoms with Gasteiger partial charge in [-0.25, -0.2) is 0 Å². The summed E-state index contributed by atoms with van der Waals surface area (Å²) in [6, 6.07) is 0. The Morgan fingerprint density at radius 3 is 1.85 bits per heavy atom. The molecule has 2 aliphatic rings. The number of hydrogen-bond donors (Lipinski definition) is 2. The molecule has 0 saturated heterocycles. The molecule has 27 heavy (non-hydrogen) atoms. The number of hydrogen-bond acceptors (Lipinski definition) is 3. The topological polar surface area (TPSA) is 40.5 Å². The summed E-state index contributed by atoms with van der Waals surface area (Å²) in [5.41, 5.74) is 0.263. The van der Waals surface area contributed by atoms with E-state index in [1.54, 1.807) is 0 Å². The van der Waals surface area contributed by atoms with Gasteiger partial charge in [0, 0.05) is 10.5 Å². The molecule has 2 N–H and O–H groups in total. The third-order valence-corrected chi connectivity index (χ3v) is 9.04. The summed E-state index contributed by atoms with van der Waals surface area (Å²) in [5.74, 6) is 2.75. The summed E-state index contributed by atoms with van der Waals surface area (Å²) >= 11 is 2.19. The number of aliphatic hydroxyl groups excluding tert-OH is 2. The second-order valence-electron chi connectivity index (χ2n) is 10.5. The maximum atomic E-state index is 10.5. The van der Waals surface area contributed by atoms with E-state index < -0.39 is 0 Å². The van der Waals surface area contributed by atoms with Crippen LogP contribution in [-0.2, 0) is 0 Å². The predicted octanol–water partition coefficient (Wildman–Crippen LogP) is 6.39. The van der Waals surface area contributed by atoms with Gasteiger partial charge in [-0.3, -0.25) is 0 Å². The smallest absolute Gasteiger partial charge is 0.0574 e. The molecule has 0 radical (unpaired) electrons. The molecule has 0 heterocycles. The van der Waals surface area contributed by atoms with Crippen LogP contribution in [0.5, 0.6) is 0 Å². The van der Waals surface area contributed by atoms with Crippen LogP contribution in [0.4, 0.5) is 0 Å². The Labute approximate surface area is 174 Å². The molecular weight excluding hydrogens is 352 g/mol. The zero-order valence-electron chi connectivity index (χ0n) is 19.5. The average Bonchev–Trinajstić information content (AvgIpc) is 2.69. The van der Waals surface area contributed by atoms with Gasteiger partial charge in [0.25, 0.3) is 0 Å². The van der Waals surface area contributed by atoms with E-state index in [0.29, 0.717) is 40.1 Å². The van der Waals surface area contributed by atoms with Gasteiger partial charge in [0.15, 0.2) is 0 Å². The van der Waals surface area contributed by atoms with Crippen LogP contribution in [0, 0.1) is 35.0 Å². The second-order valence-corrected chi connectivity index (χ2v) is 12.0. The monoisotopic (exact) mass is 400 g/mol. The highest BCUT2D eigenvalue weighted by Crippen LogP contribution is 2.47. The van der Waals surface area contributed by atoms with E-state index in [2.05, 4.69) is 60.2 Å². The first-order chi connectivity index (χ1) is 12.5. The Balaban J connectivity index is 0.00000176. The van der Waals surface area contributed by atoms with E-state index in [1.165, 1.54) is 6.42 Å². The second kappa shape index (κ2) is 10.9. The fourth-order valence-electron chi connectivity index (χ4n) is 5.01. The molecule has 162 valence electrons. The highest BCUT2D eigenvalue weighted by atomic mass is 32.2. The molecule has 0 aromatic carbocycles. The highest BCUT2D eigenvalue weighted by molar-refractivity contribution is 8.00. The summed E-state index contributed by atoms with van der Waals surface area (Å²) in [7, 11) is 0. The van der Waals surface area contributed by atoms with Crippen LogP contribution in [0.15, 0.2) is 0 Å². The van der Waals surface area contributed by atoms with Crippen molar-refractivity contribution in [1.29, 1.82) is 0 Å². The maximum absolute atomic E-state index is 10.5. The molecule has 0 aliphatic heterocycles. The Kier molecular flexibility index (Phi) is 10.2. The Morgan fingerprint density at radius 1 is 0.815 bits per heavy atom.